The van der Waals surface area contributed by atoms with Gasteiger partial charge < -0.3 is 0 Å². The molecule has 1 aliphatic rings. The first kappa shape index (κ1) is 28.3. The fourth-order valence-electron chi connectivity index (χ4n) is 4.74. The van der Waals surface area contributed by atoms with Crippen LogP contribution in [0, 0.1) is 0 Å². The minimum atomic E-state index is -1.39. The molecule has 1 nitrogen and oxygen atoms in total. The largest absolute Gasteiger partial charge is 0.285 e. The van der Waals surface area contributed by atoms with Crippen molar-refractivity contribution in [2.75, 3.05) is 0 Å². The topological polar surface area (TPSA) is 17.1 Å². The van der Waals surface area contributed by atoms with Crippen LogP contribution in [0.3, 0.4) is 0 Å². The number of rotatable bonds is 18. The van der Waals surface area contributed by atoms with Crippen LogP contribution in [0.25, 0.3) is 0 Å². The fourth-order valence-corrected chi connectivity index (χ4v) is 5.88. The lowest BCUT2D eigenvalue weighted by molar-refractivity contribution is 0.528. The van der Waals surface area contributed by atoms with Crippen LogP contribution < -0.4 is 0 Å². The summed E-state index contributed by atoms with van der Waals surface area (Å²) in [4.78, 5) is 11.4. The van der Waals surface area contributed by atoms with Crippen molar-refractivity contribution in [1.29, 1.82) is 0 Å². The van der Waals surface area contributed by atoms with Gasteiger partial charge in [-0.05, 0) is 24.0 Å². The fraction of sp³-hybridized carbons (Fsp3) is 0.741. The molecule has 0 unspecified atom stereocenters. The third-order valence-electron chi connectivity index (χ3n) is 6.75. The Balaban J connectivity index is 1.54. The number of benzene rings is 1. The molecule has 5 heteroatoms. The lowest BCUT2D eigenvalue weighted by atomic mass is 9.79. The Bertz CT molecular complexity index is 699. The first-order valence-electron chi connectivity index (χ1n) is 12.7. The Morgan fingerprint density at radius 3 is 1.53 bits per heavy atom. The van der Waals surface area contributed by atoms with Crippen LogP contribution in [0.4, 0.5) is 0 Å². The number of carbonyl (C=O) groups excluding carboxylic acids is 1. The van der Waals surface area contributed by atoms with E-state index in [1.807, 2.05) is 6.29 Å². The van der Waals surface area contributed by atoms with E-state index in [4.69, 9.17) is 46.4 Å². The Kier molecular flexibility index (Phi) is 12.8. The van der Waals surface area contributed by atoms with E-state index in [1.165, 1.54) is 89.9 Å². The smallest absolute Gasteiger partial charge is 0.233 e. The second kappa shape index (κ2) is 14.4. The van der Waals surface area contributed by atoms with E-state index < -0.39 is 8.67 Å². The molecule has 0 atom stereocenters. The number of unbranched alkanes of at least 4 members (excludes halogenated alkanes) is 15. The van der Waals surface area contributed by atoms with Crippen molar-refractivity contribution in [3.63, 3.8) is 0 Å². The molecule has 32 heavy (non-hydrogen) atoms. The molecule has 0 heterocycles. The van der Waals surface area contributed by atoms with Crippen LogP contribution in [0.1, 0.15) is 132 Å². The molecule has 0 N–H and O–H groups in total. The standard InChI is InChI=1S/C27H39Cl4O/c1-2-3-4-5-6-7-8-9-10-11-12-13-14-15-16-17-18-23-22(21-32)19-20-24-25(23)27(30,31)26(24,28)29/h19-20H,2-18H2,1H3. The van der Waals surface area contributed by atoms with Crippen LogP contribution >= 0.6 is 46.4 Å². The van der Waals surface area contributed by atoms with E-state index in [-0.39, 0.29) is 0 Å². The summed E-state index contributed by atoms with van der Waals surface area (Å²) >= 11 is 25.4. The summed E-state index contributed by atoms with van der Waals surface area (Å²) in [6.45, 7) is 2.27. The summed E-state index contributed by atoms with van der Waals surface area (Å²) < 4.78 is -2.72. The summed E-state index contributed by atoms with van der Waals surface area (Å²) in [6.07, 6.45) is 24.0. The zero-order valence-electron chi connectivity index (χ0n) is 19.6. The third-order valence-corrected chi connectivity index (χ3v) is 9.06. The number of halogens is 4. The van der Waals surface area contributed by atoms with Gasteiger partial charge in [0.1, 0.15) is 0 Å². The van der Waals surface area contributed by atoms with Gasteiger partial charge in [-0.1, -0.05) is 162 Å². The molecule has 0 aromatic heterocycles. The van der Waals surface area contributed by atoms with Gasteiger partial charge >= 0.3 is 0 Å². The number of alkyl halides is 4. The van der Waals surface area contributed by atoms with E-state index in [1.54, 1.807) is 12.1 Å². The van der Waals surface area contributed by atoms with Crippen molar-refractivity contribution in [3.05, 3.63) is 34.4 Å². The van der Waals surface area contributed by atoms with E-state index in [2.05, 4.69) is 6.92 Å². The second-order valence-electron chi connectivity index (χ2n) is 9.32. The molecule has 0 saturated carbocycles. The molecule has 1 aromatic carbocycles. The Morgan fingerprint density at radius 1 is 0.656 bits per heavy atom. The maximum Gasteiger partial charge on any atom is 0.233 e. The van der Waals surface area contributed by atoms with Gasteiger partial charge in [0.15, 0.2) is 8.67 Å². The maximum atomic E-state index is 11.4. The zero-order chi connectivity index (χ0) is 23.5. The van der Waals surface area contributed by atoms with Crippen molar-refractivity contribution in [2.24, 2.45) is 0 Å². The molecule has 0 fully saturated rings. The summed E-state index contributed by atoms with van der Waals surface area (Å²) in [5.74, 6) is 0. The van der Waals surface area contributed by atoms with Gasteiger partial charge in [-0.15, -0.1) is 0 Å². The zero-order valence-corrected chi connectivity index (χ0v) is 22.6. The molecule has 2 rings (SSSR count). The monoisotopic (exact) mass is 519 g/mol. The highest BCUT2D eigenvalue weighted by Gasteiger charge is 2.62. The predicted octanol–water partition coefficient (Wildman–Crippen LogP) is 10.2. The summed E-state index contributed by atoms with van der Waals surface area (Å²) in [5.41, 5.74) is 2.77. The summed E-state index contributed by atoms with van der Waals surface area (Å²) in [7, 11) is 0. The third kappa shape index (κ3) is 7.53. The average Bonchev–Trinajstić information content (AvgIpc) is 2.78. The predicted molar refractivity (Wildman–Crippen MR) is 141 cm³/mol. The molecule has 1 radical (unpaired) electrons. The minimum Gasteiger partial charge on any atom is -0.285 e. The van der Waals surface area contributed by atoms with E-state index in [9.17, 15) is 4.79 Å². The van der Waals surface area contributed by atoms with Crippen molar-refractivity contribution >= 4 is 52.7 Å². The van der Waals surface area contributed by atoms with Gasteiger partial charge in [0.25, 0.3) is 0 Å². The van der Waals surface area contributed by atoms with Crippen LogP contribution in [-0.4, -0.2) is 6.29 Å². The van der Waals surface area contributed by atoms with Gasteiger partial charge in [0.2, 0.25) is 6.29 Å². The molecule has 1 aromatic rings. The summed E-state index contributed by atoms with van der Waals surface area (Å²) in [6, 6.07) is 3.45. The Morgan fingerprint density at radius 2 is 1.09 bits per heavy atom. The lowest BCUT2D eigenvalue weighted by Crippen LogP contribution is -2.45. The molecule has 0 aliphatic heterocycles. The van der Waals surface area contributed by atoms with Crippen molar-refractivity contribution < 1.29 is 4.79 Å². The van der Waals surface area contributed by atoms with E-state index in [0.717, 1.165) is 24.8 Å². The Labute approximate surface area is 215 Å². The van der Waals surface area contributed by atoms with Gasteiger partial charge in [0, 0.05) is 11.1 Å². The molecule has 181 valence electrons. The first-order valence-corrected chi connectivity index (χ1v) is 14.2. The summed E-state index contributed by atoms with van der Waals surface area (Å²) in [5, 5.41) is 0. The van der Waals surface area contributed by atoms with Crippen molar-refractivity contribution in [1.82, 2.24) is 0 Å². The molecule has 0 saturated heterocycles. The molecular formula is C27H39Cl4O. The average molecular weight is 521 g/mol. The SMILES string of the molecule is CCCCCCCCCCCCCCCCCCc1c([C]=O)ccc2c1C(Cl)(Cl)C2(Cl)Cl. The molecule has 0 amide bonds. The van der Waals surface area contributed by atoms with E-state index >= 15 is 0 Å². The van der Waals surface area contributed by atoms with Crippen LogP contribution in [0.5, 0.6) is 0 Å². The number of hydrogen-bond acceptors (Lipinski definition) is 1. The quantitative estimate of drug-likeness (QED) is 0.139. The highest BCUT2D eigenvalue weighted by Crippen LogP contribution is 2.67. The number of hydrogen-bond donors (Lipinski definition) is 0. The van der Waals surface area contributed by atoms with Crippen LogP contribution in [0.2, 0.25) is 0 Å². The normalized spacial score (nSPS) is 15.9. The molecule has 0 bridgehead atoms. The van der Waals surface area contributed by atoms with Gasteiger partial charge in [-0.2, -0.15) is 0 Å². The number of fused-ring (bicyclic) bond motifs is 1. The van der Waals surface area contributed by atoms with Crippen LogP contribution in [-0.2, 0) is 19.9 Å². The van der Waals surface area contributed by atoms with Crippen molar-refractivity contribution in [2.45, 2.75) is 125 Å². The maximum absolute atomic E-state index is 11.4. The molecule has 1 aliphatic carbocycles. The van der Waals surface area contributed by atoms with Gasteiger partial charge in [-0.25, -0.2) is 0 Å². The molecular weight excluding hydrogens is 482 g/mol. The molecule has 0 spiro atoms. The van der Waals surface area contributed by atoms with Crippen LogP contribution in [0.15, 0.2) is 12.1 Å². The highest BCUT2D eigenvalue weighted by atomic mass is 35.5. The van der Waals surface area contributed by atoms with Gasteiger partial charge in [-0.3, -0.25) is 4.79 Å². The van der Waals surface area contributed by atoms with Crippen molar-refractivity contribution in [3.8, 4) is 0 Å². The minimum absolute atomic E-state index is 0.513. The van der Waals surface area contributed by atoms with E-state index in [0.29, 0.717) is 16.7 Å². The highest BCUT2D eigenvalue weighted by molar-refractivity contribution is 6.64. The Hall–Kier alpha value is 0.0500. The second-order valence-corrected chi connectivity index (χ2v) is 12.0. The first-order chi connectivity index (χ1) is 15.4. The van der Waals surface area contributed by atoms with Gasteiger partial charge in [0.05, 0.1) is 0 Å². The lowest BCUT2D eigenvalue weighted by Gasteiger charge is -2.46.